The van der Waals surface area contributed by atoms with Crippen LogP contribution in [-0.2, 0) is 0 Å². The Hall–Kier alpha value is 0.0125. The molecule has 1 rings (SSSR count). The Morgan fingerprint density at radius 2 is 2.11 bits per heavy atom. The first-order valence-corrected chi connectivity index (χ1v) is 4.49. The summed E-state index contributed by atoms with van der Waals surface area (Å²) in [4.78, 5) is 0. The number of hydrogen-bond acceptors (Lipinski definition) is 0. The average molecular weight is 136 g/mol. The molecule has 0 saturated carbocycles. The molecule has 0 radical (unpaired) electrons. The standard InChI is InChI=1S/C8H11.Al.2H/c1-7-5-3-4-6-8(7)2;;;/h3-7H,1-2H3;;;. The summed E-state index contributed by atoms with van der Waals surface area (Å²) in [7, 11) is 0. The third-order valence-electron chi connectivity index (χ3n) is 2.21. The van der Waals surface area contributed by atoms with E-state index in [1.807, 2.05) is 0 Å². The van der Waals surface area contributed by atoms with Crippen molar-refractivity contribution in [2.24, 2.45) is 5.92 Å². The normalized spacial score (nSPS) is 41.3. The molecule has 48 valence electrons. The van der Waals surface area contributed by atoms with Crippen LogP contribution in [0.15, 0.2) is 24.3 Å². The van der Waals surface area contributed by atoms with Crippen LogP contribution >= 0.6 is 0 Å². The summed E-state index contributed by atoms with van der Waals surface area (Å²) in [6.07, 6.45) is 8.91. The van der Waals surface area contributed by atoms with Crippen LogP contribution in [0.4, 0.5) is 0 Å². The predicted molar refractivity (Wildman–Crippen MR) is 44.4 cm³/mol. The van der Waals surface area contributed by atoms with Gasteiger partial charge in [0.2, 0.25) is 16.3 Å². The minimum absolute atomic E-state index is 0.509. The average Bonchev–Trinajstić information content (AvgIpc) is 1.77. The first-order valence-electron chi connectivity index (χ1n) is 3.49. The van der Waals surface area contributed by atoms with E-state index >= 15 is 0 Å². The van der Waals surface area contributed by atoms with Crippen LogP contribution in [0.2, 0.25) is 4.28 Å². The minimum atomic E-state index is 0.509. The van der Waals surface area contributed by atoms with Crippen LogP contribution < -0.4 is 0 Å². The highest BCUT2D eigenvalue weighted by Crippen LogP contribution is 2.35. The van der Waals surface area contributed by atoms with Crippen molar-refractivity contribution < 1.29 is 0 Å². The lowest BCUT2D eigenvalue weighted by molar-refractivity contribution is 0.576. The highest BCUT2D eigenvalue weighted by molar-refractivity contribution is 6.16. The van der Waals surface area contributed by atoms with E-state index in [0.717, 1.165) is 5.92 Å². The van der Waals surface area contributed by atoms with Crippen LogP contribution in [0.1, 0.15) is 13.8 Å². The van der Waals surface area contributed by atoms with E-state index < -0.39 is 0 Å². The fourth-order valence-corrected chi connectivity index (χ4v) is 1.32. The highest BCUT2D eigenvalue weighted by atomic mass is 27.0. The van der Waals surface area contributed by atoms with Crippen molar-refractivity contribution >= 4 is 16.3 Å². The Morgan fingerprint density at radius 3 is 2.44 bits per heavy atom. The van der Waals surface area contributed by atoms with Gasteiger partial charge in [-0.2, -0.15) is 0 Å². The molecule has 0 aromatic carbocycles. The van der Waals surface area contributed by atoms with Gasteiger partial charge in [-0.3, -0.25) is 0 Å². The zero-order valence-corrected chi connectivity index (χ0v) is 8.39. The summed E-state index contributed by atoms with van der Waals surface area (Å²) in [6.45, 7) is 4.61. The molecule has 1 aliphatic carbocycles. The first-order chi connectivity index (χ1) is 4.13. The minimum Gasteiger partial charge on any atom is -0.0921 e. The maximum atomic E-state index is 2.32. The van der Waals surface area contributed by atoms with E-state index in [9.17, 15) is 0 Å². The van der Waals surface area contributed by atoms with Gasteiger partial charge in [0.05, 0.1) is 0 Å². The Labute approximate surface area is 65.1 Å². The summed E-state index contributed by atoms with van der Waals surface area (Å²) in [5, 5.41) is 0. The quantitative estimate of drug-likeness (QED) is 0.443. The van der Waals surface area contributed by atoms with Gasteiger partial charge in [0.25, 0.3) is 0 Å². The largest absolute Gasteiger partial charge is 0.228 e. The Balaban J connectivity index is 2.78. The lowest BCUT2D eigenvalue weighted by atomic mass is 9.90. The van der Waals surface area contributed by atoms with Gasteiger partial charge in [-0.05, 0) is 5.92 Å². The van der Waals surface area contributed by atoms with E-state index in [4.69, 9.17) is 0 Å². The fourth-order valence-electron chi connectivity index (χ4n) is 0.934. The van der Waals surface area contributed by atoms with E-state index in [1.165, 1.54) is 16.3 Å². The molecule has 2 atom stereocenters. The monoisotopic (exact) mass is 136 g/mol. The molecule has 0 spiro atoms. The Kier molecular flexibility index (Phi) is 1.84. The number of hydrogen-bond donors (Lipinski definition) is 0. The SMILES string of the molecule is CC1C=CC=C[C]1(C)[AlH2]. The molecular formula is C8H13Al. The van der Waals surface area contributed by atoms with Crippen molar-refractivity contribution in [2.75, 3.05) is 0 Å². The molecule has 1 aliphatic rings. The first kappa shape index (κ1) is 7.12. The second kappa shape index (κ2) is 2.33. The van der Waals surface area contributed by atoms with E-state index in [1.54, 1.807) is 0 Å². The molecule has 0 aliphatic heterocycles. The molecule has 0 amide bonds. The topological polar surface area (TPSA) is 0 Å². The van der Waals surface area contributed by atoms with Crippen molar-refractivity contribution in [3.63, 3.8) is 0 Å². The summed E-state index contributed by atoms with van der Waals surface area (Å²) in [5.41, 5.74) is 0. The molecule has 0 heterocycles. The molecule has 0 bridgehead atoms. The van der Waals surface area contributed by atoms with Gasteiger partial charge in [-0.15, -0.1) is 0 Å². The van der Waals surface area contributed by atoms with Gasteiger partial charge in [0.1, 0.15) is 0 Å². The fraction of sp³-hybridized carbons (Fsp3) is 0.500. The second-order valence-electron chi connectivity index (χ2n) is 3.35. The zero-order valence-electron chi connectivity index (χ0n) is 6.39. The number of allylic oxidation sites excluding steroid dienone is 4. The van der Waals surface area contributed by atoms with Gasteiger partial charge in [0, 0.05) is 0 Å². The maximum absolute atomic E-state index is 2.32. The second-order valence-corrected chi connectivity index (χ2v) is 5.51. The lowest BCUT2D eigenvalue weighted by Gasteiger charge is -2.28. The van der Waals surface area contributed by atoms with Crippen LogP contribution in [0.5, 0.6) is 0 Å². The van der Waals surface area contributed by atoms with Gasteiger partial charge in [-0.1, -0.05) is 42.4 Å². The summed E-state index contributed by atoms with van der Waals surface area (Å²) < 4.78 is 0.509. The Bertz CT molecular complexity index is 154. The van der Waals surface area contributed by atoms with Gasteiger partial charge < -0.3 is 0 Å². The summed E-state index contributed by atoms with van der Waals surface area (Å²) >= 11 is 1.26. The third-order valence-corrected chi connectivity index (χ3v) is 3.45. The lowest BCUT2D eigenvalue weighted by Crippen LogP contribution is -2.15. The van der Waals surface area contributed by atoms with Gasteiger partial charge >= 0.3 is 0 Å². The van der Waals surface area contributed by atoms with Crippen molar-refractivity contribution in [3.05, 3.63) is 24.3 Å². The molecule has 0 saturated heterocycles. The molecule has 0 fully saturated rings. The molecule has 0 aromatic rings. The smallest absolute Gasteiger partial charge is 0.0921 e. The van der Waals surface area contributed by atoms with Crippen molar-refractivity contribution in [2.45, 2.75) is 18.1 Å². The van der Waals surface area contributed by atoms with Crippen LogP contribution in [0.3, 0.4) is 0 Å². The van der Waals surface area contributed by atoms with Crippen LogP contribution in [0, 0.1) is 5.92 Å². The molecule has 0 aromatic heterocycles. The number of rotatable bonds is 0. The van der Waals surface area contributed by atoms with Gasteiger partial charge in [0.15, 0.2) is 0 Å². The molecule has 0 N–H and O–H groups in total. The zero-order chi connectivity index (χ0) is 6.91. The summed E-state index contributed by atoms with van der Waals surface area (Å²) in [5.74, 6) is 0.745. The Morgan fingerprint density at radius 1 is 1.44 bits per heavy atom. The molecule has 2 unspecified atom stereocenters. The third kappa shape index (κ3) is 1.48. The summed E-state index contributed by atoms with van der Waals surface area (Å²) in [6, 6.07) is 0. The maximum Gasteiger partial charge on any atom is 0.228 e. The predicted octanol–water partition coefficient (Wildman–Crippen LogP) is 1.56. The van der Waals surface area contributed by atoms with Crippen LogP contribution in [0.25, 0.3) is 0 Å². The molecular weight excluding hydrogens is 123 g/mol. The van der Waals surface area contributed by atoms with Crippen molar-refractivity contribution in [1.29, 1.82) is 0 Å². The molecule has 1 heteroatoms. The van der Waals surface area contributed by atoms with Crippen LogP contribution in [-0.4, -0.2) is 16.3 Å². The van der Waals surface area contributed by atoms with Crippen molar-refractivity contribution in [1.82, 2.24) is 0 Å². The van der Waals surface area contributed by atoms with E-state index in [0.29, 0.717) is 4.28 Å². The highest BCUT2D eigenvalue weighted by Gasteiger charge is 2.21. The molecule has 0 nitrogen and oxygen atoms in total. The van der Waals surface area contributed by atoms with E-state index in [2.05, 4.69) is 38.2 Å². The van der Waals surface area contributed by atoms with Crippen molar-refractivity contribution in [3.8, 4) is 0 Å². The molecule has 9 heavy (non-hydrogen) atoms. The van der Waals surface area contributed by atoms with E-state index in [-0.39, 0.29) is 0 Å². The van der Waals surface area contributed by atoms with Gasteiger partial charge in [-0.25, -0.2) is 0 Å².